The summed E-state index contributed by atoms with van der Waals surface area (Å²) in [6.07, 6.45) is 0. The minimum Gasteiger partial charge on any atom is -0.313 e. The molecule has 0 bridgehead atoms. The summed E-state index contributed by atoms with van der Waals surface area (Å²) in [5, 5.41) is 13.4. The van der Waals surface area contributed by atoms with Gasteiger partial charge < -0.3 is 4.90 Å². The number of aliphatic imine (C=N–C) groups is 1. The zero-order chi connectivity index (χ0) is 37.2. The number of urea groups is 1. The first-order chi connectivity index (χ1) is 25.4. The Balaban J connectivity index is 1.35. The van der Waals surface area contributed by atoms with Crippen molar-refractivity contribution < 1.29 is 19.3 Å². The van der Waals surface area contributed by atoms with E-state index in [9.17, 15) is 14.9 Å². The molecule has 3 saturated heterocycles. The van der Waals surface area contributed by atoms with Gasteiger partial charge in [0.25, 0.3) is 17.5 Å². The van der Waals surface area contributed by atoms with E-state index in [1.165, 1.54) is 28.9 Å². The molecule has 1 N–H and O–H groups in total. The van der Waals surface area contributed by atoms with Crippen molar-refractivity contribution in [3.05, 3.63) is 140 Å². The van der Waals surface area contributed by atoms with Gasteiger partial charge in [-0.15, -0.1) is 0 Å². The highest BCUT2D eigenvalue weighted by molar-refractivity contribution is 9.10. The van der Waals surface area contributed by atoms with Crippen LogP contribution in [0.4, 0.5) is 16.2 Å². The summed E-state index contributed by atoms with van der Waals surface area (Å²) in [6.45, 7) is 0.273. The van der Waals surface area contributed by atoms with Crippen LogP contribution in [0.5, 0.6) is 0 Å². The number of anilines is 1. The van der Waals surface area contributed by atoms with E-state index in [2.05, 4.69) is 21.4 Å². The molecule has 9 rings (SSSR count). The SMILES string of the molecule is CN1C(=O)C2(c3cc(Br)ccc31)N(C)CC(c1ccc([N+](=O)[O-])cc1)C21SC2=N[C@]3(c4ccccc4)N(C)C(=O)N(C)[C@]3(c3ccccc3)NN2C1=O. The zero-order valence-electron chi connectivity index (χ0n) is 29.1. The molecule has 4 aromatic carbocycles. The Morgan fingerprint density at radius 2 is 1.49 bits per heavy atom. The van der Waals surface area contributed by atoms with E-state index in [4.69, 9.17) is 4.99 Å². The number of amides is 4. The van der Waals surface area contributed by atoms with Crippen molar-refractivity contribution in [3.63, 3.8) is 0 Å². The third-order valence-corrected chi connectivity index (χ3v) is 13.8. The van der Waals surface area contributed by atoms with Crippen LogP contribution in [0.1, 0.15) is 28.2 Å². The second kappa shape index (κ2) is 11.2. The first-order valence-corrected chi connectivity index (χ1v) is 18.6. The smallest absolute Gasteiger partial charge is 0.313 e. The van der Waals surface area contributed by atoms with Gasteiger partial charge in [0.2, 0.25) is 5.66 Å². The normalized spacial score (nSPS) is 30.4. The molecule has 5 aliphatic rings. The van der Waals surface area contributed by atoms with E-state index in [-0.39, 0.29) is 24.2 Å². The number of hydrogen-bond acceptors (Lipinski definition) is 9. The number of nitrogens with one attached hydrogen (secondary N) is 1. The number of rotatable bonds is 4. The molecule has 0 aliphatic carbocycles. The molecule has 13 nitrogen and oxygen atoms in total. The van der Waals surface area contributed by atoms with Crippen molar-refractivity contribution in [1.82, 2.24) is 25.1 Å². The second-order valence-corrected chi connectivity index (χ2v) is 16.1. The van der Waals surface area contributed by atoms with Gasteiger partial charge >= 0.3 is 6.03 Å². The molecule has 5 aliphatic heterocycles. The number of nitro groups is 1. The van der Waals surface area contributed by atoms with Gasteiger partial charge in [0, 0.05) is 67.0 Å². The van der Waals surface area contributed by atoms with Crippen molar-refractivity contribution >= 4 is 62.1 Å². The van der Waals surface area contributed by atoms with E-state index in [1.54, 1.807) is 48.0 Å². The minimum absolute atomic E-state index is 0.0816. The first-order valence-electron chi connectivity index (χ1n) is 17.0. The molecule has 0 saturated carbocycles. The predicted octanol–water partition coefficient (Wildman–Crippen LogP) is 5.15. The van der Waals surface area contributed by atoms with Gasteiger partial charge in [0.1, 0.15) is 4.75 Å². The van der Waals surface area contributed by atoms with Crippen LogP contribution < -0.4 is 10.3 Å². The van der Waals surface area contributed by atoms with Crippen LogP contribution in [0.2, 0.25) is 0 Å². The third-order valence-electron chi connectivity index (χ3n) is 11.8. The number of thioether (sulfide) groups is 1. The fourth-order valence-electron chi connectivity index (χ4n) is 9.50. The number of likely N-dealkylation sites (tertiary alicyclic amines) is 1. The topological polar surface area (TPSA) is 135 Å². The van der Waals surface area contributed by atoms with E-state index in [0.29, 0.717) is 33.1 Å². The van der Waals surface area contributed by atoms with Gasteiger partial charge in [0.15, 0.2) is 16.4 Å². The molecule has 5 heterocycles. The van der Waals surface area contributed by atoms with Gasteiger partial charge in [-0.2, -0.15) is 5.43 Å². The number of nitrogens with zero attached hydrogens (tertiary/aromatic N) is 7. The number of fused-ring (bicyclic) bond motifs is 5. The van der Waals surface area contributed by atoms with E-state index >= 15 is 9.59 Å². The molecule has 0 aromatic heterocycles. The molecule has 15 heteroatoms. The number of hydrogen-bond donors (Lipinski definition) is 1. The van der Waals surface area contributed by atoms with E-state index in [1.807, 2.05) is 90.8 Å². The monoisotopic (exact) mass is 792 g/mol. The van der Waals surface area contributed by atoms with E-state index in [0.717, 1.165) is 4.47 Å². The molecule has 268 valence electrons. The maximum atomic E-state index is 16.0. The maximum absolute atomic E-state index is 16.0. The van der Waals surface area contributed by atoms with Crippen LogP contribution >= 0.6 is 27.7 Å². The van der Waals surface area contributed by atoms with Gasteiger partial charge in [-0.05, 0) is 36.4 Å². The Morgan fingerprint density at radius 1 is 0.849 bits per heavy atom. The number of non-ortho nitro benzene ring substituents is 1. The highest BCUT2D eigenvalue weighted by atomic mass is 79.9. The largest absolute Gasteiger partial charge is 0.323 e. The molecule has 3 fully saturated rings. The van der Waals surface area contributed by atoms with Crippen molar-refractivity contribution in [3.8, 4) is 0 Å². The van der Waals surface area contributed by atoms with Crippen LogP contribution in [0.25, 0.3) is 0 Å². The Hall–Kier alpha value is -5.09. The molecule has 53 heavy (non-hydrogen) atoms. The number of halogens is 1. The fraction of sp³-hybridized carbons (Fsp3) is 0.263. The average molecular weight is 794 g/mol. The summed E-state index contributed by atoms with van der Waals surface area (Å²) >= 11 is 4.84. The molecule has 2 spiro atoms. The average Bonchev–Trinajstić information content (AvgIpc) is 3.75. The van der Waals surface area contributed by atoms with Gasteiger partial charge in [-0.1, -0.05) is 100 Å². The van der Waals surface area contributed by atoms with Gasteiger partial charge in [-0.3, -0.25) is 34.4 Å². The summed E-state index contributed by atoms with van der Waals surface area (Å²) in [6, 6.07) is 30.5. The number of carbonyl (C=O) groups is 3. The maximum Gasteiger partial charge on any atom is 0.323 e. The van der Waals surface area contributed by atoms with Crippen LogP contribution in [0, 0.1) is 10.1 Å². The molecule has 4 aromatic rings. The number of nitro benzene ring substituents is 1. The van der Waals surface area contributed by atoms with E-state index < -0.39 is 38.4 Å². The lowest BCUT2D eigenvalue weighted by Crippen LogP contribution is -2.72. The summed E-state index contributed by atoms with van der Waals surface area (Å²) in [5.41, 5.74) is 2.55. The zero-order valence-corrected chi connectivity index (χ0v) is 31.5. The second-order valence-electron chi connectivity index (χ2n) is 14.0. The predicted molar refractivity (Wildman–Crippen MR) is 203 cm³/mol. The highest BCUT2D eigenvalue weighted by Gasteiger charge is 2.81. The molecule has 0 radical (unpaired) electrons. The Bertz CT molecular complexity index is 2300. The van der Waals surface area contributed by atoms with Crippen molar-refractivity contribution in [2.24, 2.45) is 4.99 Å². The van der Waals surface area contributed by atoms with Gasteiger partial charge in [-0.25, -0.2) is 14.8 Å². The van der Waals surface area contributed by atoms with Crippen molar-refractivity contribution in [2.75, 3.05) is 39.6 Å². The van der Waals surface area contributed by atoms with Crippen LogP contribution in [-0.2, 0) is 26.5 Å². The van der Waals surface area contributed by atoms with Crippen molar-refractivity contribution in [2.45, 2.75) is 27.5 Å². The third kappa shape index (κ3) is 3.84. The Kier molecular flexibility index (Phi) is 7.13. The fourth-order valence-corrected chi connectivity index (χ4v) is 11.6. The molecule has 4 amide bonds. The number of carbonyl (C=O) groups excluding carboxylic acids is 3. The summed E-state index contributed by atoms with van der Waals surface area (Å²) in [4.78, 5) is 68.8. The lowest BCUT2D eigenvalue weighted by molar-refractivity contribution is -0.384. The molecule has 3 unspecified atom stereocenters. The number of benzene rings is 4. The van der Waals surface area contributed by atoms with Crippen molar-refractivity contribution in [1.29, 1.82) is 0 Å². The Morgan fingerprint density at radius 3 is 2.13 bits per heavy atom. The summed E-state index contributed by atoms with van der Waals surface area (Å²) in [5.74, 6) is -1.34. The lowest BCUT2D eigenvalue weighted by Gasteiger charge is -2.51. The minimum atomic E-state index is -1.57. The quantitative estimate of drug-likeness (QED) is 0.222. The highest BCUT2D eigenvalue weighted by Crippen LogP contribution is 2.68. The van der Waals surface area contributed by atoms with Crippen LogP contribution in [-0.4, -0.2) is 87.1 Å². The standard InChI is InChI=1S/C38H33BrN8O5S/c1-42-22-29(23-15-18-27(19-16-23)47(51)52)36(35(42)28-21-26(39)17-20-30(28)43(2)31(35)48)32(49)46-33(53-36)40-37(24-11-7-5-8-12-24)38(41-46,25-13-9-6-10-14-25)45(4)34(50)44(37)3/h5-21,29,41H,22H2,1-4H3/t29?,35?,36?,37-,38+/m1/s1. The first kappa shape index (κ1) is 33.7. The summed E-state index contributed by atoms with van der Waals surface area (Å²) < 4.78 is -0.830. The lowest BCUT2D eigenvalue weighted by atomic mass is 9.72. The van der Waals surface area contributed by atoms with Gasteiger partial charge in [0.05, 0.1) is 4.92 Å². The molecular formula is C38H33BrN8O5S. The molecular weight excluding hydrogens is 760 g/mol. The number of amidine groups is 1. The number of likely N-dealkylation sites (N-methyl/N-ethyl adjacent to an activating group) is 4. The Labute approximate surface area is 317 Å². The van der Waals surface area contributed by atoms with Crippen LogP contribution in [0.15, 0.2) is 113 Å². The molecule has 5 atom stereocenters. The van der Waals surface area contributed by atoms with Crippen LogP contribution in [0.3, 0.4) is 0 Å². The number of hydrazine groups is 1. The summed E-state index contributed by atoms with van der Waals surface area (Å²) in [7, 11) is 6.97.